The van der Waals surface area contributed by atoms with Crippen LogP contribution >= 0.6 is 34.5 Å². The van der Waals surface area contributed by atoms with Gasteiger partial charge in [-0.1, -0.05) is 34.5 Å². The van der Waals surface area contributed by atoms with Crippen molar-refractivity contribution in [1.29, 1.82) is 0 Å². The van der Waals surface area contributed by atoms with E-state index in [2.05, 4.69) is 10.3 Å². The number of hydrogen-bond donors (Lipinski definition) is 1. The smallest absolute Gasteiger partial charge is 0.183 e. The summed E-state index contributed by atoms with van der Waals surface area (Å²) in [6.45, 7) is 2.90. The Morgan fingerprint density at radius 3 is 2.56 bits per heavy atom. The Morgan fingerprint density at radius 1 is 1.25 bits per heavy atom. The molecule has 0 unspecified atom stereocenters. The van der Waals surface area contributed by atoms with Crippen LogP contribution in [0.1, 0.15) is 6.92 Å². The van der Waals surface area contributed by atoms with Gasteiger partial charge in [0.1, 0.15) is 0 Å². The maximum absolute atomic E-state index is 5.95. The summed E-state index contributed by atoms with van der Waals surface area (Å²) < 4.78 is 0. The highest BCUT2D eigenvalue weighted by molar-refractivity contribution is 7.18. The van der Waals surface area contributed by atoms with Crippen LogP contribution in [0.25, 0.3) is 10.4 Å². The first-order valence-corrected chi connectivity index (χ1v) is 6.42. The molecule has 5 heteroatoms. The van der Waals surface area contributed by atoms with Crippen LogP contribution in [-0.2, 0) is 0 Å². The van der Waals surface area contributed by atoms with E-state index in [1.165, 1.54) is 0 Å². The quantitative estimate of drug-likeness (QED) is 0.887. The maximum Gasteiger partial charge on any atom is 0.183 e. The molecule has 0 saturated carbocycles. The zero-order chi connectivity index (χ0) is 11.5. The van der Waals surface area contributed by atoms with Gasteiger partial charge in [-0.15, -0.1) is 0 Å². The first-order valence-electron chi connectivity index (χ1n) is 4.85. The molecule has 0 fully saturated rings. The third-order valence-corrected chi connectivity index (χ3v) is 3.42. The predicted octanol–water partition coefficient (Wildman–Crippen LogP) is 4.55. The van der Waals surface area contributed by atoms with Gasteiger partial charge in [-0.05, 0) is 30.7 Å². The molecule has 0 spiro atoms. The number of thiazole rings is 1. The molecule has 2 nitrogen and oxygen atoms in total. The molecule has 1 heterocycles. The first-order chi connectivity index (χ1) is 7.69. The van der Waals surface area contributed by atoms with Gasteiger partial charge in [0.25, 0.3) is 0 Å². The number of aromatic nitrogens is 1. The van der Waals surface area contributed by atoms with Gasteiger partial charge >= 0.3 is 0 Å². The van der Waals surface area contributed by atoms with Crippen molar-refractivity contribution < 1.29 is 0 Å². The van der Waals surface area contributed by atoms with Crippen molar-refractivity contribution in [3.8, 4) is 10.4 Å². The van der Waals surface area contributed by atoms with Crippen molar-refractivity contribution in [3.63, 3.8) is 0 Å². The van der Waals surface area contributed by atoms with Crippen molar-refractivity contribution in [2.75, 3.05) is 11.9 Å². The lowest BCUT2D eigenvalue weighted by Crippen LogP contribution is -1.94. The van der Waals surface area contributed by atoms with Gasteiger partial charge in [-0.3, -0.25) is 0 Å². The van der Waals surface area contributed by atoms with E-state index in [0.29, 0.717) is 10.0 Å². The molecule has 84 valence electrons. The fraction of sp³-hybridized carbons (Fsp3) is 0.182. The minimum Gasteiger partial charge on any atom is -0.362 e. The van der Waals surface area contributed by atoms with E-state index in [-0.39, 0.29) is 0 Å². The Kier molecular flexibility index (Phi) is 3.69. The van der Waals surface area contributed by atoms with Gasteiger partial charge in [0.2, 0.25) is 0 Å². The molecular formula is C11H10Cl2N2S. The molecule has 0 saturated heterocycles. The normalized spacial score (nSPS) is 10.4. The zero-order valence-electron chi connectivity index (χ0n) is 8.63. The molecular weight excluding hydrogens is 263 g/mol. The largest absolute Gasteiger partial charge is 0.362 e. The first kappa shape index (κ1) is 11.7. The minimum atomic E-state index is 0.640. The van der Waals surface area contributed by atoms with Crippen LogP contribution in [0.5, 0.6) is 0 Å². The minimum absolute atomic E-state index is 0.640. The van der Waals surface area contributed by atoms with Crippen LogP contribution < -0.4 is 5.32 Å². The fourth-order valence-corrected chi connectivity index (χ4v) is 2.73. The monoisotopic (exact) mass is 272 g/mol. The number of rotatable bonds is 3. The summed E-state index contributed by atoms with van der Waals surface area (Å²) in [6.07, 6.45) is 1.82. The van der Waals surface area contributed by atoms with Crippen LogP contribution in [-0.4, -0.2) is 11.5 Å². The highest BCUT2D eigenvalue weighted by atomic mass is 35.5. The molecule has 0 atom stereocenters. The van der Waals surface area contributed by atoms with Gasteiger partial charge in [-0.2, -0.15) is 0 Å². The molecule has 16 heavy (non-hydrogen) atoms. The average molecular weight is 273 g/mol. The van der Waals surface area contributed by atoms with Gasteiger partial charge in [-0.25, -0.2) is 4.98 Å². The van der Waals surface area contributed by atoms with Crippen LogP contribution in [0.4, 0.5) is 5.13 Å². The number of halogens is 2. The Labute approximate surface area is 108 Å². The molecule has 0 aliphatic carbocycles. The van der Waals surface area contributed by atoms with Crippen LogP contribution in [0.3, 0.4) is 0 Å². The molecule has 0 aliphatic rings. The summed E-state index contributed by atoms with van der Waals surface area (Å²) in [5.41, 5.74) is 0.999. The number of benzene rings is 1. The lowest BCUT2D eigenvalue weighted by atomic mass is 10.2. The number of hydrogen-bond acceptors (Lipinski definition) is 3. The van der Waals surface area contributed by atoms with Crippen molar-refractivity contribution in [1.82, 2.24) is 4.98 Å². The fourth-order valence-electron chi connectivity index (χ4n) is 1.34. The second-order valence-electron chi connectivity index (χ2n) is 3.22. The van der Waals surface area contributed by atoms with E-state index in [1.54, 1.807) is 17.4 Å². The zero-order valence-corrected chi connectivity index (χ0v) is 11.0. The topological polar surface area (TPSA) is 24.9 Å². The summed E-state index contributed by atoms with van der Waals surface area (Å²) in [6, 6.07) is 5.49. The molecule has 0 aliphatic heterocycles. The van der Waals surface area contributed by atoms with Gasteiger partial charge in [0, 0.05) is 22.8 Å². The third kappa shape index (κ3) is 2.67. The SMILES string of the molecule is CCNc1ncc(-c2cc(Cl)cc(Cl)c2)s1. The van der Waals surface area contributed by atoms with E-state index >= 15 is 0 Å². The molecule has 1 aromatic heterocycles. The summed E-state index contributed by atoms with van der Waals surface area (Å²) in [5.74, 6) is 0. The van der Waals surface area contributed by atoms with E-state index in [1.807, 2.05) is 25.3 Å². The van der Waals surface area contributed by atoms with Crippen molar-refractivity contribution in [2.45, 2.75) is 6.92 Å². The summed E-state index contributed by atoms with van der Waals surface area (Å²) in [7, 11) is 0. The number of anilines is 1. The van der Waals surface area contributed by atoms with Gasteiger partial charge in [0.15, 0.2) is 5.13 Å². The van der Waals surface area contributed by atoms with Gasteiger partial charge in [0.05, 0.1) is 4.88 Å². The second-order valence-corrected chi connectivity index (χ2v) is 5.12. The highest BCUT2D eigenvalue weighted by Crippen LogP contribution is 2.32. The Hall–Kier alpha value is -0.770. The summed E-state index contributed by atoms with van der Waals surface area (Å²) in [4.78, 5) is 5.32. The molecule has 1 N–H and O–H groups in total. The van der Waals surface area contributed by atoms with E-state index < -0.39 is 0 Å². The molecule has 1 aromatic carbocycles. The van der Waals surface area contributed by atoms with Crippen molar-refractivity contribution in [2.24, 2.45) is 0 Å². The van der Waals surface area contributed by atoms with Crippen LogP contribution in [0, 0.1) is 0 Å². The number of nitrogens with one attached hydrogen (secondary N) is 1. The number of nitrogens with zero attached hydrogens (tertiary/aromatic N) is 1. The lowest BCUT2D eigenvalue weighted by Gasteiger charge is -1.99. The molecule has 2 aromatic rings. The van der Waals surface area contributed by atoms with Crippen LogP contribution in [0.2, 0.25) is 10.0 Å². The van der Waals surface area contributed by atoms with Gasteiger partial charge < -0.3 is 5.32 Å². The second kappa shape index (κ2) is 5.04. The standard InChI is InChI=1S/C11H10Cl2N2S/c1-2-14-11-15-6-10(16-11)7-3-8(12)5-9(13)4-7/h3-6H,2H2,1H3,(H,14,15). The van der Waals surface area contributed by atoms with Crippen molar-refractivity contribution >= 4 is 39.7 Å². The summed E-state index contributed by atoms with van der Waals surface area (Å²) >= 11 is 13.5. The average Bonchev–Trinajstić information content (AvgIpc) is 2.65. The molecule has 0 radical (unpaired) electrons. The van der Waals surface area contributed by atoms with Crippen molar-refractivity contribution in [3.05, 3.63) is 34.4 Å². The molecule has 0 bridgehead atoms. The molecule has 0 amide bonds. The van der Waals surface area contributed by atoms with E-state index in [0.717, 1.165) is 22.1 Å². The Balaban J connectivity index is 2.34. The highest BCUT2D eigenvalue weighted by Gasteiger charge is 2.05. The van der Waals surface area contributed by atoms with E-state index in [9.17, 15) is 0 Å². The maximum atomic E-state index is 5.95. The molecule has 2 rings (SSSR count). The predicted molar refractivity (Wildman–Crippen MR) is 71.7 cm³/mol. The Bertz CT molecular complexity index is 476. The van der Waals surface area contributed by atoms with Crippen LogP contribution in [0.15, 0.2) is 24.4 Å². The van der Waals surface area contributed by atoms with E-state index in [4.69, 9.17) is 23.2 Å². The Morgan fingerprint density at radius 2 is 1.94 bits per heavy atom. The third-order valence-electron chi connectivity index (χ3n) is 1.98. The summed E-state index contributed by atoms with van der Waals surface area (Å²) in [5, 5.41) is 5.36. The lowest BCUT2D eigenvalue weighted by molar-refractivity contribution is 1.19.